The molecule has 3 heterocycles. The van der Waals surface area contributed by atoms with Crippen LogP contribution in [0, 0.1) is 11.3 Å². The number of carboxylic acid groups (broad SMARTS) is 1. The van der Waals surface area contributed by atoms with Crippen molar-refractivity contribution < 1.29 is 14.7 Å². The number of hydrogen-bond acceptors (Lipinski definition) is 4. The Morgan fingerprint density at radius 2 is 1.97 bits per heavy atom. The van der Waals surface area contributed by atoms with Gasteiger partial charge in [0.05, 0.1) is 16.3 Å². The van der Waals surface area contributed by atoms with Gasteiger partial charge >= 0.3 is 5.97 Å². The van der Waals surface area contributed by atoms with Crippen LogP contribution in [0.2, 0.25) is 0 Å². The number of aromatic nitrogens is 2. The third-order valence-corrected chi connectivity index (χ3v) is 6.68. The van der Waals surface area contributed by atoms with Gasteiger partial charge in [0.1, 0.15) is 5.82 Å². The van der Waals surface area contributed by atoms with Crippen LogP contribution in [0.25, 0.3) is 10.9 Å². The number of nitrogens with zero attached hydrogens (tertiary/aromatic N) is 3. The quantitative estimate of drug-likeness (QED) is 0.860. The van der Waals surface area contributed by atoms with E-state index < -0.39 is 11.4 Å². The second-order valence-corrected chi connectivity index (χ2v) is 8.62. The zero-order valence-corrected chi connectivity index (χ0v) is 17.0. The molecule has 4 rings (SSSR count). The van der Waals surface area contributed by atoms with Gasteiger partial charge in [-0.05, 0) is 43.4 Å². The highest BCUT2D eigenvalue weighted by Gasteiger charge is 2.48. The highest BCUT2D eigenvalue weighted by Crippen LogP contribution is 2.38. The summed E-state index contributed by atoms with van der Waals surface area (Å²) in [5, 5.41) is 10.3. The summed E-state index contributed by atoms with van der Waals surface area (Å²) in [6.07, 6.45) is 4.29. The van der Waals surface area contributed by atoms with Crippen molar-refractivity contribution in [2.24, 2.45) is 11.3 Å². The first-order valence-electron chi connectivity index (χ1n) is 10.4. The number of carbonyl (C=O) groups excluding carboxylic acids is 1. The van der Waals surface area contributed by atoms with Crippen molar-refractivity contribution in [2.45, 2.75) is 52.5 Å². The Kier molecular flexibility index (Phi) is 4.92. The first-order chi connectivity index (χ1) is 13.8. The Morgan fingerprint density at radius 1 is 1.17 bits per heavy atom. The lowest BCUT2D eigenvalue weighted by Crippen LogP contribution is -2.40. The lowest BCUT2D eigenvalue weighted by molar-refractivity contribution is -0.150. The largest absolute Gasteiger partial charge is 0.481 e. The predicted molar refractivity (Wildman–Crippen MR) is 109 cm³/mol. The molecule has 1 fully saturated rings. The molecule has 29 heavy (non-hydrogen) atoms. The first kappa shape index (κ1) is 19.6. The minimum absolute atomic E-state index is 0.0447. The third-order valence-electron chi connectivity index (χ3n) is 6.68. The fourth-order valence-corrected chi connectivity index (χ4v) is 4.63. The van der Waals surface area contributed by atoms with E-state index >= 15 is 0 Å². The molecule has 2 aliphatic heterocycles. The number of aliphatic carboxylic acids is 1. The number of amides is 1. The molecule has 2 aliphatic rings. The van der Waals surface area contributed by atoms with E-state index in [9.17, 15) is 19.5 Å². The van der Waals surface area contributed by atoms with E-state index in [0.717, 1.165) is 31.5 Å². The minimum Gasteiger partial charge on any atom is -0.481 e. The molecule has 1 aromatic carbocycles. The molecule has 1 N–H and O–H groups in total. The zero-order chi connectivity index (χ0) is 20.8. The molecule has 2 aromatic rings. The monoisotopic (exact) mass is 397 g/mol. The second-order valence-electron chi connectivity index (χ2n) is 8.62. The number of benzene rings is 1. The summed E-state index contributed by atoms with van der Waals surface area (Å²) in [6, 6.07) is 5.02. The molecule has 0 bridgehead atoms. The normalized spacial score (nSPS) is 22.0. The maximum atomic E-state index is 13.1. The van der Waals surface area contributed by atoms with Crippen LogP contribution < -0.4 is 5.56 Å². The highest BCUT2D eigenvalue weighted by atomic mass is 16.4. The van der Waals surface area contributed by atoms with Crippen molar-refractivity contribution >= 4 is 22.8 Å². The van der Waals surface area contributed by atoms with E-state index in [2.05, 4.69) is 4.98 Å². The predicted octanol–water partition coefficient (Wildman–Crippen LogP) is 2.70. The molecule has 1 saturated heterocycles. The summed E-state index contributed by atoms with van der Waals surface area (Å²) in [7, 11) is 0. The second kappa shape index (κ2) is 7.28. The van der Waals surface area contributed by atoms with Gasteiger partial charge in [-0.2, -0.15) is 0 Å². The van der Waals surface area contributed by atoms with Crippen LogP contribution in [-0.4, -0.2) is 44.5 Å². The van der Waals surface area contributed by atoms with Crippen LogP contribution >= 0.6 is 0 Å². The molecule has 7 nitrogen and oxygen atoms in total. The molecular weight excluding hydrogens is 370 g/mol. The van der Waals surface area contributed by atoms with Crippen molar-refractivity contribution in [1.29, 1.82) is 0 Å². The van der Waals surface area contributed by atoms with Crippen molar-refractivity contribution in [2.75, 3.05) is 13.1 Å². The summed E-state index contributed by atoms with van der Waals surface area (Å²) in [6.45, 7) is 5.10. The summed E-state index contributed by atoms with van der Waals surface area (Å²) in [4.78, 5) is 44.1. The van der Waals surface area contributed by atoms with E-state index in [4.69, 9.17) is 0 Å². The lowest BCUT2D eigenvalue weighted by Gasteiger charge is -2.28. The Bertz CT molecular complexity index is 1040. The fraction of sp³-hybridized carbons (Fsp3) is 0.545. The Hall–Kier alpha value is -2.70. The number of carboxylic acids is 1. The number of fused-ring (bicyclic) bond motifs is 2. The molecule has 1 unspecified atom stereocenters. The average molecular weight is 397 g/mol. The van der Waals surface area contributed by atoms with Gasteiger partial charge < -0.3 is 10.0 Å². The minimum atomic E-state index is -0.902. The molecule has 0 spiro atoms. The van der Waals surface area contributed by atoms with E-state index in [1.165, 1.54) is 0 Å². The van der Waals surface area contributed by atoms with Crippen molar-refractivity contribution in [3.05, 3.63) is 39.9 Å². The Balaban J connectivity index is 1.67. The molecule has 154 valence electrons. The molecule has 0 saturated carbocycles. The molecule has 1 atom stereocenters. The van der Waals surface area contributed by atoms with Crippen LogP contribution in [0.15, 0.2) is 23.0 Å². The standard InChI is InChI=1S/C22H27N3O4/c1-14(2)22(21(28)29)9-11-24(13-22)19(26)15-7-8-16-17(12-15)23-18-6-4-3-5-10-25(18)20(16)27/h7-8,12,14H,3-6,9-11,13H2,1-2H3,(H,28,29). The van der Waals surface area contributed by atoms with Crippen molar-refractivity contribution in [3.63, 3.8) is 0 Å². The third kappa shape index (κ3) is 3.22. The van der Waals surface area contributed by atoms with Gasteiger partial charge in [0.2, 0.25) is 0 Å². The number of aryl methyl sites for hydroxylation is 1. The Morgan fingerprint density at radius 3 is 2.66 bits per heavy atom. The molecular formula is C22H27N3O4. The van der Waals surface area contributed by atoms with E-state index in [1.54, 1.807) is 27.7 Å². The van der Waals surface area contributed by atoms with E-state index in [0.29, 0.717) is 36.0 Å². The summed E-state index contributed by atoms with van der Waals surface area (Å²) >= 11 is 0. The van der Waals surface area contributed by atoms with Crippen LogP contribution in [0.3, 0.4) is 0 Å². The van der Waals surface area contributed by atoms with E-state index in [-0.39, 0.29) is 23.9 Å². The van der Waals surface area contributed by atoms with Crippen LogP contribution in [0.4, 0.5) is 0 Å². The molecule has 0 aliphatic carbocycles. The fourth-order valence-electron chi connectivity index (χ4n) is 4.63. The SMILES string of the molecule is CC(C)C1(C(=O)O)CCN(C(=O)c2ccc3c(=O)n4c(nc3c2)CCCCC4)C1. The van der Waals surface area contributed by atoms with Gasteiger partial charge in [-0.3, -0.25) is 19.0 Å². The van der Waals surface area contributed by atoms with Gasteiger partial charge in [0.25, 0.3) is 11.5 Å². The molecule has 1 amide bonds. The zero-order valence-electron chi connectivity index (χ0n) is 17.0. The van der Waals surface area contributed by atoms with Crippen molar-refractivity contribution in [1.82, 2.24) is 14.5 Å². The van der Waals surface area contributed by atoms with E-state index in [1.807, 2.05) is 13.8 Å². The van der Waals surface area contributed by atoms with Crippen LogP contribution in [-0.2, 0) is 17.8 Å². The topological polar surface area (TPSA) is 92.5 Å². The lowest BCUT2D eigenvalue weighted by atomic mass is 9.76. The highest BCUT2D eigenvalue weighted by molar-refractivity contribution is 5.98. The van der Waals surface area contributed by atoms with Gasteiger partial charge in [-0.15, -0.1) is 0 Å². The van der Waals surface area contributed by atoms with Gasteiger partial charge in [0.15, 0.2) is 0 Å². The van der Waals surface area contributed by atoms with Gasteiger partial charge in [-0.1, -0.05) is 20.3 Å². The number of likely N-dealkylation sites (tertiary alicyclic amines) is 1. The average Bonchev–Trinajstić information content (AvgIpc) is 3.03. The van der Waals surface area contributed by atoms with Gasteiger partial charge in [0, 0.05) is 31.6 Å². The summed E-state index contributed by atoms with van der Waals surface area (Å²) in [5.74, 6) is -0.326. The number of carbonyl (C=O) groups is 2. The van der Waals surface area contributed by atoms with Gasteiger partial charge in [-0.25, -0.2) is 4.98 Å². The number of hydrogen-bond donors (Lipinski definition) is 1. The number of rotatable bonds is 3. The first-order valence-corrected chi connectivity index (χ1v) is 10.4. The summed E-state index contributed by atoms with van der Waals surface area (Å²) < 4.78 is 1.77. The maximum Gasteiger partial charge on any atom is 0.311 e. The smallest absolute Gasteiger partial charge is 0.311 e. The molecule has 1 aromatic heterocycles. The van der Waals surface area contributed by atoms with Crippen molar-refractivity contribution in [3.8, 4) is 0 Å². The van der Waals surface area contributed by atoms with Crippen LogP contribution in [0.5, 0.6) is 0 Å². The maximum absolute atomic E-state index is 13.1. The molecule has 0 radical (unpaired) electrons. The summed E-state index contributed by atoms with van der Waals surface area (Å²) in [5.41, 5.74) is 0.0484. The Labute approximate surface area is 169 Å². The molecule has 7 heteroatoms. The van der Waals surface area contributed by atoms with Crippen LogP contribution in [0.1, 0.15) is 55.7 Å².